The van der Waals surface area contributed by atoms with E-state index in [9.17, 15) is 4.79 Å². The van der Waals surface area contributed by atoms with E-state index in [-0.39, 0.29) is 0 Å². The lowest BCUT2D eigenvalue weighted by Crippen LogP contribution is -2.24. The van der Waals surface area contributed by atoms with Crippen LogP contribution < -0.4 is 0 Å². The molecule has 1 atom stereocenters. The number of rotatable bonds is 3. The van der Waals surface area contributed by atoms with Crippen LogP contribution in [0.1, 0.15) is 20.3 Å². The van der Waals surface area contributed by atoms with Gasteiger partial charge in [-0.1, -0.05) is 6.08 Å². The van der Waals surface area contributed by atoms with Crippen molar-refractivity contribution in [2.45, 2.75) is 20.3 Å². The van der Waals surface area contributed by atoms with Crippen LogP contribution in [0.2, 0.25) is 0 Å². The van der Waals surface area contributed by atoms with Crippen LogP contribution in [-0.2, 0) is 4.79 Å². The smallest absolute Gasteiger partial charge is 0.314 e. The fraction of sp³-hybridized carbons (Fsp3) is 0.444. The summed E-state index contributed by atoms with van der Waals surface area (Å²) in [7, 11) is 0. The van der Waals surface area contributed by atoms with E-state index in [0.717, 1.165) is 0 Å². The summed E-state index contributed by atoms with van der Waals surface area (Å²) in [4.78, 5) is 10.6. The van der Waals surface area contributed by atoms with Gasteiger partial charge in [0.25, 0.3) is 0 Å². The molecule has 0 aromatic carbocycles. The van der Waals surface area contributed by atoms with Gasteiger partial charge in [0, 0.05) is 6.42 Å². The molecule has 0 aliphatic carbocycles. The van der Waals surface area contributed by atoms with Crippen LogP contribution in [0.4, 0.5) is 0 Å². The molecule has 2 nitrogen and oxygen atoms in total. The van der Waals surface area contributed by atoms with Crippen LogP contribution in [0.3, 0.4) is 0 Å². The van der Waals surface area contributed by atoms with Gasteiger partial charge in [0.1, 0.15) is 0 Å². The van der Waals surface area contributed by atoms with Gasteiger partial charge < -0.3 is 5.11 Å². The second kappa shape index (κ2) is 3.82. The maximum Gasteiger partial charge on any atom is 0.314 e. The maximum absolute atomic E-state index is 10.6. The summed E-state index contributed by atoms with van der Waals surface area (Å²) in [5.74, 6) is 4.49. The summed E-state index contributed by atoms with van der Waals surface area (Å²) >= 11 is 0. The molecule has 0 bridgehead atoms. The predicted octanol–water partition coefficient (Wildman–Crippen LogP) is 1.68. The molecule has 0 heterocycles. The standard InChI is InChI=1S/C9H12O2/c1-4-6-7-9(3,5-2)8(10)11/h5H,2,7H2,1,3H3,(H,10,11). The van der Waals surface area contributed by atoms with E-state index in [2.05, 4.69) is 18.4 Å². The van der Waals surface area contributed by atoms with Crippen molar-refractivity contribution in [1.29, 1.82) is 0 Å². The minimum Gasteiger partial charge on any atom is -0.481 e. The van der Waals surface area contributed by atoms with E-state index in [1.54, 1.807) is 13.8 Å². The fourth-order valence-corrected chi connectivity index (χ4v) is 0.507. The van der Waals surface area contributed by atoms with E-state index in [4.69, 9.17) is 5.11 Å². The fourth-order valence-electron chi connectivity index (χ4n) is 0.507. The zero-order valence-corrected chi connectivity index (χ0v) is 6.85. The summed E-state index contributed by atoms with van der Waals surface area (Å²) < 4.78 is 0. The highest BCUT2D eigenvalue weighted by atomic mass is 16.4. The molecule has 1 N–H and O–H groups in total. The molecule has 0 aliphatic rings. The van der Waals surface area contributed by atoms with Crippen molar-refractivity contribution in [2.24, 2.45) is 5.41 Å². The van der Waals surface area contributed by atoms with Crippen LogP contribution in [0.15, 0.2) is 12.7 Å². The highest BCUT2D eigenvalue weighted by Gasteiger charge is 2.27. The Morgan fingerprint density at radius 1 is 1.82 bits per heavy atom. The molecular formula is C9H12O2. The topological polar surface area (TPSA) is 37.3 Å². The van der Waals surface area contributed by atoms with Crippen LogP contribution in [0, 0.1) is 17.3 Å². The Morgan fingerprint density at radius 3 is 2.64 bits per heavy atom. The first-order valence-corrected chi connectivity index (χ1v) is 3.33. The summed E-state index contributed by atoms with van der Waals surface area (Å²) in [5, 5.41) is 8.72. The Kier molecular flexibility index (Phi) is 3.39. The van der Waals surface area contributed by atoms with E-state index in [0.29, 0.717) is 6.42 Å². The van der Waals surface area contributed by atoms with Crippen molar-refractivity contribution < 1.29 is 9.90 Å². The number of aliphatic carboxylic acids is 1. The lowest BCUT2D eigenvalue weighted by molar-refractivity contribution is -0.144. The highest BCUT2D eigenvalue weighted by molar-refractivity contribution is 5.76. The third-order valence-corrected chi connectivity index (χ3v) is 1.57. The number of carboxylic acid groups (broad SMARTS) is 1. The number of carboxylic acids is 1. The van der Waals surface area contributed by atoms with Gasteiger partial charge in [0.05, 0.1) is 5.41 Å². The van der Waals surface area contributed by atoms with E-state index in [1.165, 1.54) is 6.08 Å². The van der Waals surface area contributed by atoms with Gasteiger partial charge in [-0.25, -0.2) is 0 Å². The molecule has 0 aliphatic heterocycles. The molecule has 2 heteroatoms. The monoisotopic (exact) mass is 152 g/mol. The lowest BCUT2D eigenvalue weighted by atomic mass is 9.87. The molecule has 60 valence electrons. The molecule has 0 saturated carbocycles. The third-order valence-electron chi connectivity index (χ3n) is 1.57. The second-order valence-corrected chi connectivity index (χ2v) is 2.53. The molecule has 11 heavy (non-hydrogen) atoms. The quantitative estimate of drug-likeness (QED) is 0.493. The first-order chi connectivity index (χ1) is 5.06. The van der Waals surface area contributed by atoms with Gasteiger partial charge in [0.2, 0.25) is 0 Å². The predicted molar refractivity (Wildman–Crippen MR) is 44.0 cm³/mol. The van der Waals surface area contributed by atoms with Gasteiger partial charge in [-0.2, -0.15) is 0 Å². The first-order valence-electron chi connectivity index (χ1n) is 3.33. The van der Waals surface area contributed by atoms with Gasteiger partial charge in [-0.05, 0) is 13.8 Å². The molecule has 0 saturated heterocycles. The van der Waals surface area contributed by atoms with Crippen LogP contribution in [-0.4, -0.2) is 11.1 Å². The van der Waals surface area contributed by atoms with Crippen molar-refractivity contribution in [3.63, 3.8) is 0 Å². The summed E-state index contributed by atoms with van der Waals surface area (Å²) in [5.41, 5.74) is -0.900. The first kappa shape index (κ1) is 9.77. The van der Waals surface area contributed by atoms with Gasteiger partial charge in [-0.15, -0.1) is 18.4 Å². The molecule has 0 rings (SSSR count). The van der Waals surface area contributed by atoms with E-state index in [1.807, 2.05) is 0 Å². The lowest BCUT2D eigenvalue weighted by Gasteiger charge is -2.15. The zero-order chi connectivity index (χ0) is 8.91. The normalized spacial score (nSPS) is 14.0. The molecule has 0 aromatic heterocycles. The van der Waals surface area contributed by atoms with Gasteiger partial charge >= 0.3 is 5.97 Å². The molecule has 1 unspecified atom stereocenters. The SMILES string of the molecule is C=CC(C)(CC#CC)C(=O)O. The third kappa shape index (κ3) is 2.46. The van der Waals surface area contributed by atoms with Crippen molar-refractivity contribution >= 4 is 5.97 Å². The Morgan fingerprint density at radius 2 is 2.36 bits per heavy atom. The van der Waals surface area contributed by atoms with Crippen LogP contribution >= 0.6 is 0 Å². The highest BCUT2D eigenvalue weighted by Crippen LogP contribution is 2.21. The minimum absolute atomic E-state index is 0.322. The van der Waals surface area contributed by atoms with Crippen molar-refractivity contribution in [2.75, 3.05) is 0 Å². The molecule has 0 radical (unpaired) electrons. The van der Waals surface area contributed by atoms with Crippen LogP contribution in [0.25, 0.3) is 0 Å². The molecular weight excluding hydrogens is 140 g/mol. The van der Waals surface area contributed by atoms with Gasteiger partial charge in [0.15, 0.2) is 0 Å². The van der Waals surface area contributed by atoms with Crippen molar-refractivity contribution in [1.82, 2.24) is 0 Å². The Hall–Kier alpha value is -1.23. The average Bonchev–Trinajstić information content (AvgIpc) is 2.00. The van der Waals surface area contributed by atoms with Crippen LogP contribution in [0.5, 0.6) is 0 Å². The molecule has 0 aromatic rings. The summed E-state index contributed by atoms with van der Waals surface area (Å²) in [6, 6.07) is 0. The molecule has 0 amide bonds. The Labute approximate surface area is 66.9 Å². The number of hydrogen-bond donors (Lipinski definition) is 1. The average molecular weight is 152 g/mol. The van der Waals surface area contributed by atoms with Gasteiger partial charge in [-0.3, -0.25) is 4.79 Å². The van der Waals surface area contributed by atoms with Crippen molar-refractivity contribution in [3.05, 3.63) is 12.7 Å². The number of carbonyl (C=O) groups is 1. The zero-order valence-electron chi connectivity index (χ0n) is 6.85. The minimum atomic E-state index is -0.900. The summed E-state index contributed by atoms with van der Waals surface area (Å²) in [6.07, 6.45) is 1.74. The maximum atomic E-state index is 10.6. The van der Waals surface area contributed by atoms with E-state index >= 15 is 0 Å². The number of hydrogen-bond acceptors (Lipinski definition) is 1. The van der Waals surface area contributed by atoms with E-state index < -0.39 is 11.4 Å². The Bertz CT molecular complexity index is 219. The Balaban J connectivity index is 4.42. The van der Waals surface area contributed by atoms with Crippen molar-refractivity contribution in [3.8, 4) is 11.8 Å². The summed E-state index contributed by atoms with van der Waals surface area (Å²) in [6.45, 7) is 6.75. The molecule has 0 fully saturated rings. The molecule has 0 spiro atoms. The second-order valence-electron chi connectivity index (χ2n) is 2.53. The largest absolute Gasteiger partial charge is 0.481 e.